The van der Waals surface area contributed by atoms with Gasteiger partial charge in [-0.25, -0.2) is 0 Å². The molecule has 0 amide bonds. The van der Waals surface area contributed by atoms with Crippen LogP contribution in [0, 0.1) is 6.92 Å². The number of rotatable bonds is 0. The predicted octanol–water partition coefficient (Wildman–Crippen LogP) is 2.84. The maximum absolute atomic E-state index is 11.5. The Kier molecular flexibility index (Phi) is 2.31. The first kappa shape index (κ1) is 11.4. The van der Waals surface area contributed by atoms with E-state index in [1.807, 2.05) is 6.08 Å². The second-order valence-corrected chi connectivity index (χ2v) is 5.46. The van der Waals surface area contributed by atoms with Crippen LogP contribution in [0.2, 0.25) is 0 Å². The van der Waals surface area contributed by atoms with Gasteiger partial charge in [0.05, 0.1) is 0 Å². The molecule has 1 aliphatic rings. The molecule has 0 unspecified atom stereocenters. The number of benzene rings is 3. The largest absolute Gasteiger partial charge is 0.294 e. The van der Waals surface area contributed by atoms with E-state index in [-0.39, 0.29) is 5.78 Å². The molecule has 0 heterocycles. The van der Waals surface area contributed by atoms with E-state index in [4.69, 9.17) is 0 Å². The van der Waals surface area contributed by atoms with E-state index < -0.39 is 0 Å². The monoisotopic (exact) mass is 258 g/mol. The third kappa shape index (κ3) is 1.60. The molecule has 1 aliphatic carbocycles. The van der Waals surface area contributed by atoms with Crippen molar-refractivity contribution in [3.63, 3.8) is 0 Å². The molecular weight excluding hydrogens is 244 g/mol. The molecule has 3 aromatic rings. The molecule has 0 atom stereocenters. The lowest BCUT2D eigenvalue weighted by atomic mass is 9.95. The molecule has 4 rings (SSSR count). The summed E-state index contributed by atoms with van der Waals surface area (Å²) in [5.41, 5.74) is 1.30. The molecule has 3 aromatic carbocycles. The minimum atomic E-state index is 0.189. The molecule has 20 heavy (non-hydrogen) atoms. The van der Waals surface area contributed by atoms with Gasteiger partial charge in [0.2, 0.25) is 0 Å². The summed E-state index contributed by atoms with van der Waals surface area (Å²) in [4.78, 5) is 11.5. The summed E-state index contributed by atoms with van der Waals surface area (Å²) in [6, 6.07) is 15.1. The van der Waals surface area contributed by atoms with E-state index >= 15 is 0 Å². The van der Waals surface area contributed by atoms with Crippen molar-refractivity contribution < 1.29 is 4.79 Å². The lowest BCUT2D eigenvalue weighted by Crippen LogP contribution is -2.28. The quantitative estimate of drug-likeness (QED) is 0.567. The minimum absolute atomic E-state index is 0.189. The normalized spacial score (nSPS) is 13.9. The molecule has 1 heteroatoms. The molecule has 1 nitrogen and oxygen atoms in total. The summed E-state index contributed by atoms with van der Waals surface area (Å²) >= 11 is 0. The Morgan fingerprint density at radius 3 is 2.70 bits per heavy atom. The van der Waals surface area contributed by atoms with Gasteiger partial charge in [0.15, 0.2) is 5.78 Å². The fraction of sp³-hybridized carbons (Fsp3) is 0.105. The summed E-state index contributed by atoms with van der Waals surface area (Å²) in [6.45, 7) is 2.15. The lowest BCUT2D eigenvalue weighted by molar-refractivity contribution is -0.112. The highest BCUT2D eigenvalue weighted by Crippen LogP contribution is 2.26. The van der Waals surface area contributed by atoms with Gasteiger partial charge in [0.1, 0.15) is 0 Å². The van der Waals surface area contributed by atoms with E-state index in [1.54, 1.807) is 6.08 Å². The van der Waals surface area contributed by atoms with E-state index in [0.29, 0.717) is 6.42 Å². The van der Waals surface area contributed by atoms with Gasteiger partial charge in [-0.2, -0.15) is 0 Å². The van der Waals surface area contributed by atoms with Crippen molar-refractivity contribution in [3.8, 4) is 0 Å². The molecule has 0 N–H and O–H groups in total. The Hall–Kier alpha value is -2.41. The Balaban J connectivity index is 2.26. The summed E-state index contributed by atoms with van der Waals surface area (Å²) in [5, 5.41) is 7.28. The van der Waals surface area contributed by atoms with Gasteiger partial charge in [-0.1, -0.05) is 36.4 Å². The zero-order chi connectivity index (χ0) is 13.7. The van der Waals surface area contributed by atoms with Crippen molar-refractivity contribution in [2.75, 3.05) is 0 Å². The van der Waals surface area contributed by atoms with E-state index in [1.165, 1.54) is 32.3 Å². The van der Waals surface area contributed by atoms with Crippen molar-refractivity contribution in [1.82, 2.24) is 0 Å². The molecular formula is C19H14O. The highest BCUT2D eigenvalue weighted by Gasteiger charge is 2.06. The van der Waals surface area contributed by atoms with Gasteiger partial charge in [-0.05, 0) is 62.7 Å². The topological polar surface area (TPSA) is 17.1 Å². The number of carbonyl (C=O) groups excluding carboxylic acids is 1. The number of aryl methyl sites for hydroxylation is 1. The maximum atomic E-state index is 11.5. The molecule has 0 spiro atoms. The average molecular weight is 258 g/mol. The summed E-state index contributed by atoms with van der Waals surface area (Å²) in [6.07, 6.45) is 4.31. The Labute approximate surface area is 116 Å². The van der Waals surface area contributed by atoms with Crippen LogP contribution in [-0.2, 0) is 4.79 Å². The third-order valence-electron chi connectivity index (χ3n) is 4.11. The molecule has 96 valence electrons. The van der Waals surface area contributed by atoms with E-state index in [9.17, 15) is 4.79 Å². The van der Waals surface area contributed by atoms with Crippen LogP contribution in [0.3, 0.4) is 0 Å². The highest BCUT2D eigenvalue weighted by molar-refractivity contribution is 6.12. The van der Waals surface area contributed by atoms with Gasteiger partial charge in [0, 0.05) is 6.42 Å². The van der Waals surface area contributed by atoms with Crippen LogP contribution in [0.5, 0.6) is 0 Å². The number of ketones is 1. The molecule has 0 saturated heterocycles. The standard InChI is InChI=1S/C19H14O/c1-12-3-2-4-13-5-6-15-9-16-10-17(20)8-7-14(16)11-18(15)19(12)13/h2-7,9-11H,8H2,1H3. The number of hydrogen-bond donors (Lipinski definition) is 0. The van der Waals surface area contributed by atoms with Crippen LogP contribution < -0.4 is 10.4 Å². The average Bonchev–Trinajstić information content (AvgIpc) is 2.45. The fourth-order valence-corrected chi connectivity index (χ4v) is 3.13. The first-order chi connectivity index (χ1) is 9.72. The number of fused-ring (bicyclic) bond motifs is 4. The van der Waals surface area contributed by atoms with Crippen LogP contribution in [0.25, 0.3) is 33.7 Å². The second-order valence-electron chi connectivity index (χ2n) is 5.46. The van der Waals surface area contributed by atoms with Gasteiger partial charge in [-0.15, -0.1) is 0 Å². The maximum Gasteiger partial charge on any atom is 0.160 e. The molecule has 0 fully saturated rings. The molecule has 0 bridgehead atoms. The lowest BCUT2D eigenvalue weighted by Gasteiger charge is -2.08. The van der Waals surface area contributed by atoms with Crippen molar-refractivity contribution in [1.29, 1.82) is 0 Å². The second kappa shape index (κ2) is 4.04. The smallest absolute Gasteiger partial charge is 0.160 e. The van der Waals surface area contributed by atoms with Crippen molar-refractivity contribution in [3.05, 3.63) is 58.5 Å². The van der Waals surface area contributed by atoms with Crippen LogP contribution in [0.1, 0.15) is 12.0 Å². The van der Waals surface area contributed by atoms with E-state index in [2.05, 4.69) is 49.4 Å². The molecule has 0 saturated carbocycles. The first-order valence-electron chi connectivity index (χ1n) is 6.89. The summed E-state index contributed by atoms with van der Waals surface area (Å²) in [5.74, 6) is 0.189. The SMILES string of the molecule is Cc1cccc2ccc3cc4c(cc3c12)=CCC(=O)C=4. The van der Waals surface area contributed by atoms with Crippen LogP contribution >= 0.6 is 0 Å². The van der Waals surface area contributed by atoms with Crippen LogP contribution in [0.4, 0.5) is 0 Å². The number of carbonyl (C=O) groups is 1. The zero-order valence-corrected chi connectivity index (χ0v) is 11.3. The molecule has 0 radical (unpaired) electrons. The van der Waals surface area contributed by atoms with Gasteiger partial charge >= 0.3 is 0 Å². The Morgan fingerprint density at radius 1 is 0.950 bits per heavy atom. The molecule has 0 aromatic heterocycles. The Bertz CT molecular complexity index is 994. The zero-order valence-electron chi connectivity index (χ0n) is 11.3. The predicted molar refractivity (Wildman–Crippen MR) is 84.0 cm³/mol. The van der Waals surface area contributed by atoms with Gasteiger partial charge in [0.25, 0.3) is 0 Å². The van der Waals surface area contributed by atoms with Gasteiger partial charge < -0.3 is 0 Å². The van der Waals surface area contributed by atoms with Crippen molar-refractivity contribution >= 4 is 39.5 Å². The molecule has 0 aliphatic heterocycles. The van der Waals surface area contributed by atoms with Crippen LogP contribution in [-0.4, -0.2) is 5.78 Å². The summed E-state index contributed by atoms with van der Waals surface area (Å²) in [7, 11) is 0. The first-order valence-corrected chi connectivity index (χ1v) is 6.89. The Morgan fingerprint density at radius 2 is 1.80 bits per heavy atom. The highest BCUT2D eigenvalue weighted by atomic mass is 16.1. The van der Waals surface area contributed by atoms with Crippen molar-refractivity contribution in [2.24, 2.45) is 0 Å². The summed E-state index contributed by atoms with van der Waals surface area (Å²) < 4.78 is 0. The number of Topliss-reactive ketones (excluding diaryl/α,β-unsaturated/α-hetero) is 1. The minimum Gasteiger partial charge on any atom is -0.294 e. The van der Waals surface area contributed by atoms with Gasteiger partial charge in [-0.3, -0.25) is 4.79 Å². The van der Waals surface area contributed by atoms with Crippen molar-refractivity contribution in [2.45, 2.75) is 13.3 Å². The van der Waals surface area contributed by atoms with E-state index in [0.717, 1.165) is 5.22 Å². The third-order valence-corrected chi connectivity index (χ3v) is 4.11. The fourth-order valence-electron chi connectivity index (χ4n) is 3.13. The van der Waals surface area contributed by atoms with Crippen LogP contribution in [0.15, 0.2) is 42.5 Å². The number of hydrogen-bond acceptors (Lipinski definition) is 1.